The van der Waals surface area contributed by atoms with Gasteiger partial charge in [-0.2, -0.15) is 0 Å². The fraction of sp³-hybridized carbons (Fsp3) is 0.111. The summed E-state index contributed by atoms with van der Waals surface area (Å²) in [5.41, 5.74) is 1.75. The van der Waals surface area contributed by atoms with E-state index < -0.39 is 10.0 Å². The van der Waals surface area contributed by atoms with Gasteiger partial charge in [-0.05, 0) is 48.9 Å². The first-order valence-corrected chi connectivity index (χ1v) is 11.0. The van der Waals surface area contributed by atoms with E-state index in [9.17, 15) is 13.2 Å². The van der Waals surface area contributed by atoms with Crippen LogP contribution in [0.15, 0.2) is 64.9 Å². The standard InChI is InChI=1S/C18H17ClN4O3S2/c1-12-2-5-14(10-16(12)28(20,25)26)22-17(24)11-27-18-21-8-9-23(18)15-6-3-13(19)4-7-15/h2-10H,11H2,1H3,(H,22,24)(H2,20,25,26). The van der Waals surface area contributed by atoms with Crippen LogP contribution in [0, 0.1) is 6.92 Å². The van der Waals surface area contributed by atoms with E-state index in [0.29, 0.717) is 21.4 Å². The number of thioether (sulfide) groups is 1. The van der Waals surface area contributed by atoms with Crippen LogP contribution in [0.4, 0.5) is 5.69 Å². The number of imidazole rings is 1. The number of carbonyl (C=O) groups excluding carboxylic acids is 1. The minimum atomic E-state index is -3.86. The smallest absolute Gasteiger partial charge is 0.238 e. The van der Waals surface area contributed by atoms with Gasteiger partial charge in [-0.15, -0.1) is 0 Å². The molecule has 0 aliphatic carbocycles. The SMILES string of the molecule is Cc1ccc(NC(=O)CSc2nccn2-c2ccc(Cl)cc2)cc1S(N)(=O)=O. The topological polar surface area (TPSA) is 107 Å². The molecule has 10 heteroatoms. The molecule has 1 amide bonds. The first-order valence-electron chi connectivity index (χ1n) is 8.09. The molecule has 3 rings (SSSR count). The highest BCUT2D eigenvalue weighted by Gasteiger charge is 2.14. The number of halogens is 1. The van der Waals surface area contributed by atoms with E-state index in [1.807, 2.05) is 16.7 Å². The van der Waals surface area contributed by atoms with Crippen molar-refractivity contribution in [3.8, 4) is 5.69 Å². The van der Waals surface area contributed by atoms with Gasteiger partial charge in [0.1, 0.15) is 0 Å². The highest BCUT2D eigenvalue weighted by atomic mass is 35.5. The number of nitrogens with two attached hydrogens (primary N) is 1. The maximum absolute atomic E-state index is 12.3. The van der Waals surface area contributed by atoms with Crippen LogP contribution in [0.25, 0.3) is 5.69 Å². The number of hydrogen-bond acceptors (Lipinski definition) is 5. The molecule has 0 unspecified atom stereocenters. The number of nitrogens with zero attached hydrogens (tertiary/aromatic N) is 2. The zero-order chi connectivity index (χ0) is 20.3. The second-order valence-electron chi connectivity index (χ2n) is 5.92. The largest absolute Gasteiger partial charge is 0.325 e. The van der Waals surface area contributed by atoms with Gasteiger partial charge < -0.3 is 5.32 Å². The second-order valence-corrected chi connectivity index (χ2v) is 8.83. The Labute approximate surface area is 172 Å². The Bertz CT molecular complexity index is 1110. The molecule has 0 spiro atoms. The molecule has 0 bridgehead atoms. The molecular weight excluding hydrogens is 420 g/mol. The Morgan fingerprint density at radius 3 is 2.64 bits per heavy atom. The number of rotatable bonds is 6. The average molecular weight is 437 g/mol. The minimum Gasteiger partial charge on any atom is -0.325 e. The molecule has 0 radical (unpaired) electrons. The van der Waals surface area contributed by atoms with Crippen molar-refractivity contribution in [1.82, 2.24) is 9.55 Å². The lowest BCUT2D eigenvalue weighted by atomic mass is 10.2. The number of carbonyl (C=O) groups is 1. The van der Waals surface area contributed by atoms with Gasteiger partial charge in [0.25, 0.3) is 0 Å². The fourth-order valence-electron chi connectivity index (χ4n) is 2.51. The number of primary sulfonamides is 1. The van der Waals surface area contributed by atoms with E-state index in [0.717, 1.165) is 5.69 Å². The number of amides is 1. The lowest BCUT2D eigenvalue weighted by Crippen LogP contribution is -2.17. The number of aryl methyl sites for hydroxylation is 1. The Balaban J connectivity index is 1.68. The number of nitrogens with one attached hydrogen (secondary N) is 1. The van der Waals surface area contributed by atoms with Gasteiger partial charge in [-0.1, -0.05) is 29.4 Å². The molecule has 146 valence electrons. The molecule has 0 fully saturated rings. The van der Waals surface area contributed by atoms with Crippen LogP contribution in [0.1, 0.15) is 5.56 Å². The molecule has 0 aliphatic rings. The summed E-state index contributed by atoms with van der Waals surface area (Å²) in [7, 11) is -3.86. The Kier molecular flexibility index (Phi) is 6.09. The van der Waals surface area contributed by atoms with Crippen LogP contribution in [0.5, 0.6) is 0 Å². The van der Waals surface area contributed by atoms with Gasteiger partial charge in [-0.25, -0.2) is 18.5 Å². The summed E-state index contributed by atoms with van der Waals surface area (Å²) in [5, 5.41) is 9.15. The summed E-state index contributed by atoms with van der Waals surface area (Å²) in [4.78, 5) is 16.5. The molecule has 1 heterocycles. The van der Waals surface area contributed by atoms with Gasteiger partial charge in [0.15, 0.2) is 5.16 Å². The van der Waals surface area contributed by atoms with Crippen molar-refractivity contribution in [3.05, 3.63) is 65.4 Å². The van der Waals surface area contributed by atoms with Crippen LogP contribution < -0.4 is 10.5 Å². The lowest BCUT2D eigenvalue weighted by molar-refractivity contribution is -0.113. The third-order valence-electron chi connectivity index (χ3n) is 3.82. The fourth-order valence-corrected chi connectivity index (χ4v) is 4.21. The van der Waals surface area contributed by atoms with Crippen molar-refractivity contribution in [2.45, 2.75) is 17.0 Å². The predicted octanol–water partition coefficient (Wildman–Crippen LogP) is 3.21. The van der Waals surface area contributed by atoms with Crippen molar-refractivity contribution >= 4 is 45.0 Å². The Morgan fingerprint density at radius 2 is 1.96 bits per heavy atom. The molecule has 3 aromatic rings. The van der Waals surface area contributed by atoms with E-state index in [-0.39, 0.29) is 16.6 Å². The normalized spacial score (nSPS) is 11.4. The van der Waals surface area contributed by atoms with Gasteiger partial charge in [0, 0.05) is 28.8 Å². The summed E-state index contributed by atoms with van der Waals surface area (Å²) in [6, 6.07) is 11.8. The quantitative estimate of drug-likeness (QED) is 0.577. The Hall–Kier alpha value is -2.33. The molecular formula is C18H17ClN4O3S2. The molecule has 28 heavy (non-hydrogen) atoms. The van der Waals surface area contributed by atoms with Crippen molar-refractivity contribution < 1.29 is 13.2 Å². The molecule has 0 saturated heterocycles. The highest BCUT2D eigenvalue weighted by molar-refractivity contribution is 7.99. The third-order valence-corrected chi connectivity index (χ3v) is 6.09. The van der Waals surface area contributed by atoms with Crippen LogP contribution in [-0.2, 0) is 14.8 Å². The molecule has 0 atom stereocenters. The maximum Gasteiger partial charge on any atom is 0.238 e. The van der Waals surface area contributed by atoms with Gasteiger partial charge >= 0.3 is 0 Å². The van der Waals surface area contributed by atoms with Crippen molar-refractivity contribution in [1.29, 1.82) is 0 Å². The van der Waals surface area contributed by atoms with Crippen molar-refractivity contribution in [3.63, 3.8) is 0 Å². The van der Waals surface area contributed by atoms with E-state index in [1.54, 1.807) is 43.6 Å². The zero-order valence-corrected chi connectivity index (χ0v) is 17.2. The van der Waals surface area contributed by atoms with Crippen LogP contribution in [-0.4, -0.2) is 29.6 Å². The highest BCUT2D eigenvalue weighted by Crippen LogP contribution is 2.23. The number of hydrogen-bond donors (Lipinski definition) is 2. The van der Waals surface area contributed by atoms with Gasteiger partial charge in [-0.3, -0.25) is 9.36 Å². The van der Waals surface area contributed by atoms with E-state index in [2.05, 4.69) is 10.3 Å². The monoisotopic (exact) mass is 436 g/mol. The number of benzene rings is 2. The van der Waals surface area contributed by atoms with Gasteiger partial charge in [0.2, 0.25) is 15.9 Å². The second kappa shape index (κ2) is 8.36. The molecule has 3 N–H and O–H groups in total. The number of anilines is 1. The number of sulfonamides is 1. The van der Waals surface area contributed by atoms with E-state index >= 15 is 0 Å². The summed E-state index contributed by atoms with van der Waals surface area (Å²) < 4.78 is 25.1. The molecule has 7 nitrogen and oxygen atoms in total. The van der Waals surface area contributed by atoms with Gasteiger partial charge in [0.05, 0.1) is 10.6 Å². The molecule has 1 aromatic heterocycles. The summed E-state index contributed by atoms with van der Waals surface area (Å²) in [6.07, 6.45) is 3.44. The van der Waals surface area contributed by atoms with E-state index in [4.69, 9.17) is 16.7 Å². The van der Waals surface area contributed by atoms with Crippen LogP contribution in [0.3, 0.4) is 0 Å². The van der Waals surface area contributed by atoms with E-state index in [1.165, 1.54) is 17.8 Å². The zero-order valence-electron chi connectivity index (χ0n) is 14.8. The molecule has 0 saturated carbocycles. The van der Waals surface area contributed by atoms with Crippen molar-refractivity contribution in [2.24, 2.45) is 5.14 Å². The van der Waals surface area contributed by atoms with Crippen LogP contribution >= 0.6 is 23.4 Å². The minimum absolute atomic E-state index is 0.0174. The average Bonchev–Trinajstić information content (AvgIpc) is 3.10. The lowest BCUT2D eigenvalue weighted by Gasteiger charge is -2.10. The summed E-state index contributed by atoms with van der Waals surface area (Å²) in [5.74, 6) is -0.191. The third kappa shape index (κ3) is 4.93. The first-order chi connectivity index (χ1) is 13.2. The predicted molar refractivity (Wildman–Crippen MR) is 110 cm³/mol. The summed E-state index contributed by atoms with van der Waals surface area (Å²) in [6.45, 7) is 1.64. The molecule has 0 aliphatic heterocycles. The number of aromatic nitrogens is 2. The molecule has 2 aromatic carbocycles. The maximum atomic E-state index is 12.3. The van der Waals surface area contributed by atoms with Crippen molar-refractivity contribution in [2.75, 3.05) is 11.1 Å². The van der Waals surface area contributed by atoms with Crippen LogP contribution in [0.2, 0.25) is 5.02 Å². The summed E-state index contributed by atoms with van der Waals surface area (Å²) >= 11 is 7.17. The Morgan fingerprint density at radius 1 is 1.25 bits per heavy atom. The first kappa shape index (κ1) is 20.4.